The third kappa shape index (κ3) is 3.34. The second kappa shape index (κ2) is 7.08. The van der Waals surface area contributed by atoms with Crippen LogP contribution in [0.3, 0.4) is 0 Å². The quantitative estimate of drug-likeness (QED) is 0.606. The van der Waals surface area contributed by atoms with Crippen molar-refractivity contribution in [3.05, 3.63) is 46.6 Å². The molecule has 3 heterocycles. The molecule has 1 aromatic carbocycles. The zero-order chi connectivity index (χ0) is 18.8. The maximum atomic E-state index is 12.5. The van der Waals surface area contributed by atoms with Gasteiger partial charge in [-0.3, -0.25) is 14.2 Å². The summed E-state index contributed by atoms with van der Waals surface area (Å²) < 4.78 is 13.2. The molecule has 140 valence electrons. The highest BCUT2D eigenvalue weighted by Crippen LogP contribution is 2.32. The molecule has 0 aliphatic carbocycles. The topological polar surface area (TPSA) is 120 Å². The SMILES string of the molecule is O=C(Cn1cnc2c(cnn2CCO)c1=O)NCc1ccc2c(c1)OCO2. The molecule has 2 N–H and O–H groups in total. The first-order chi connectivity index (χ1) is 13.2. The normalized spacial score (nSPS) is 12.5. The third-order valence-corrected chi connectivity index (χ3v) is 4.17. The van der Waals surface area contributed by atoms with Crippen molar-refractivity contribution >= 4 is 16.9 Å². The van der Waals surface area contributed by atoms with Crippen LogP contribution in [0.25, 0.3) is 11.0 Å². The van der Waals surface area contributed by atoms with Crippen molar-refractivity contribution in [1.82, 2.24) is 24.6 Å². The molecule has 0 fully saturated rings. The van der Waals surface area contributed by atoms with E-state index in [0.717, 1.165) is 5.56 Å². The summed E-state index contributed by atoms with van der Waals surface area (Å²) in [7, 11) is 0. The van der Waals surface area contributed by atoms with E-state index in [-0.39, 0.29) is 38.0 Å². The van der Waals surface area contributed by atoms with Gasteiger partial charge in [0.15, 0.2) is 17.1 Å². The lowest BCUT2D eigenvalue weighted by Crippen LogP contribution is -2.32. The molecule has 0 bridgehead atoms. The number of fused-ring (bicyclic) bond motifs is 2. The number of aromatic nitrogens is 4. The van der Waals surface area contributed by atoms with Crippen LogP contribution in [0.2, 0.25) is 0 Å². The monoisotopic (exact) mass is 371 g/mol. The van der Waals surface area contributed by atoms with E-state index in [2.05, 4.69) is 15.4 Å². The summed E-state index contributed by atoms with van der Waals surface area (Å²) in [6, 6.07) is 5.43. The van der Waals surface area contributed by atoms with Crippen LogP contribution < -0.4 is 20.3 Å². The van der Waals surface area contributed by atoms with Gasteiger partial charge in [-0.05, 0) is 17.7 Å². The molecule has 0 unspecified atom stereocenters. The van der Waals surface area contributed by atoms with E-state index in [1.54, 1.807) is 12.1 Å². The van der Waals surface area contributed by atoms with E-state index in [9.17, 15) is 9.59 Å². The first-order valence-electron chi connectivity index (χ1n) is 8.33. The third-order valence-electron chi connectivity index (χ3n) is 4.17. The number of amides is 1. The van der Waals surface area contributed by atoms with E-state index in [1.165, 1.54) is 21.8 Å². The van der Waals surface area contributed by atoms with Crippen LogP contribution in [0.15, 0.2) is 35.5 Å². The highest BCUT2D eigenvalue weighted by molar-refractivity contribution is 5.77. The Kier molecular flexibility index (Phi) is 4.47. The number of rotatable bonds is 6. The van der Waals surface area contributed by atoms with Crippen LogP contribution in [0, 0.1) is 0 Å². The van der Waals surface area contributed by atoms with Crippen molar-refractivity contribution in [2.75, 3.05) is 13.4 Å². The van der Waals surface area contributed by atoms with Crippen molar-refractivity contribution in [2.24, 2.45) is 0 Å². The Morgan fingerprint density at radius 3 is 3.00 bits per heavy atom. The largest absolute Gasteiger partial charge is 0.454 e. The number of nitrogens with zero attached hydrogens (tertiary/aromatic N) is 4. The first-order valence-corrected chi connectivity index (χ1v) is 8.33. The van der Waals surface area contributed by atoms with Crippen LogP contribution in [0.1, 0.15) is 5.56 Å². The minimum absolute atomic E-state index is 0.107. The molecule has 0 saturated heterocycles. The fraction of sp³-hybridized carbons (Fsp3) is 0.294. The first kappa shape index (κ1) is 17.0. The smallest absolute Gasteiger partial charge is 0.264 e. The number of hydrogen-bond acceptors (Lipinski definition) is 7. The average molecular weight is 371 g/mol. The Labute approximate surface area is 153 Å². The fourth-order valence-corrected chi connectivity index (χ4v) is 2.83. The number of aliphatic hydroxyl groups is 1. The molecule has 1 amide bonds. The second-order valence-electron chi connectivity index (χ2n) is 5.97. The summed E-state index contributed by atoms with van der Waals surface area (Å²) >= 11 is 0. The fourth-order valence-electron chi connectivity index (χ4n) is 2.83. The highest BCUT2D eigenvalue weighted by Gasteiger charge is 2.14. The zero-order valence-electron chi connectivity index (χ0n) is 14.3. The molecule has 0 spiro atoms. The van der Waals surface area contributed by atoms with E-state index in [0.29, 0.717) is 29.1 Å². The Hall–Kier alpha value is -3.40. The molecule has 3 aromatic rings. The molecule has 2 aromatic heterocycles. The molecule has 0 saturated carbocycles. The summed E-state index contributed by atoms with van der Waals surface area (Å²) in [5, 5.41) is 16.1. The molecular weight excluding hydrogens is 354 g/mol. The van der Waals surface area contributed by atoms with E-state index in [1.807, 2.05) is 6.07 Å². The molecule has 0 radical (unpaired) electrons. The molecule has 4 rings (SSSR count). The van der Waals surface area contributed by atoms with Crippen molar-refractivity contribution in [3.8, 4) is 11.5 Å². The Morgan fingerprint density at radius 2 is 2.15 bits per heavy atom. The van der Waals surface area contributed by atoms with E-state index >= 15 is 0 Å². The maximum Gasteiger partial charge on any atom is 0.264 e. The summed E-state index contributed by atoms with van der Waals surface area (Å²) in [5.74, 6) is 1.00. The van der Waals surface area contributed by atoms with Gasteiger partial charge in [-0.15, -0.1) is 0 Å². The zero-order valence-corrected chi connectivity index (χ0v) is 14.3. The number of hydrogen-bond donors (Lipinski definition) is 2. The molecule has 10 nitrogen and oxygen atoms in total. The lowest BCUT2D eigenvalue weighted by atomic mass is 10.2. The number of nitrogens with one attached hydrogen (secondary N) is 1. The van der Waals surface area contributed by atoms with Crippen LogP contribution in [0.5, 0.6) is 11.5 Å². The average Bonchev–Trinajstić information content (AvgIpc) is 3.29. The molecule has 27 heavy (non-hydrogen) atoms. The summed E-state index contributed by atoms with van der Waals surface area (Å²) in [4.78, 5) is 28.9. The Balaban J connectivity index is 1.43. The van der Waals surface area contributed by atoms with Gasteiger partial charge in [0.1, 0.15) is 18.3 Å². The lowest BCUT2D eigenvalue weighted by molar-refractivity contribution is -0.121. The minimum Gasteiger partial charge on any atom is -0.454 e. The van der Waals surface area contributed by atoms with Crippen molar-refractivity contribution in [3.63, 3.8) is 0 Å². The van der Waals surface area contributed by atoms with Crippen molar-refractivity contribution in [1.29, 1.82) is 0 Å². The summed E-state index contributed by atoms with van der Waals surface area (Å²) in [6.45, 7) is 0.476. The Morgan fingerprint density at radius 1 is 1.30 bits per heavy atom. The van der Waals surface area contributed by atoms with Gasteiger partial charge < -0.3 is 19.9 Å². The number of carbonyl (C=O) groups is 1. The lowest BCUT2D eigenvalue weighted by Gasteiger charge is -2.08. The van der Waals surface area contributed by atoms with E-state index < -0.39 is 0 Å². The number of carbonyl (C=O) groups excluding carboxylic acids is 1. The molecule has 10 heteroatoms. The Bertz CT molecular complexity index is 1060. The van der Waals surface area contributed by atoms with Gasteiger partial charge in [0.05, 0.1) is 19.3 Å². The van der Waals surface area contributed by atoms with Gasteiger partial charge in [-0.1, -0.05) is 6.07 Å². The van der Waals surface area contributed by atoms with Crippen LogP contribution >= 0.6 is 0 Å². The van der Waals surface area contributed by atoms with E-state index in [4.69, 9.17) is 14.6 Å². The van der Waals surface area contributed by atoms with Crippen molar-refractivity contribution in [2.45, 2.75) is 19.6 Å². The predicted octanol–water partition coefficient (Wildman–Crippen LogP) is -0.370. The summed E-state index contributed by atoms with van der Waals surface area (Å²) in [6.07, 6.45) is 2.70. The van der Waals surface area contributed by atoms with Gasteiger partial charge in [-0.2, -0.15) is 5.10 Å². The van der Waals surface area contributed by atoms with Gasteiger partial charge in [0.2, 0.25) is 12.7 Å². The maximum absolute atomic E-state index is 12.5. The number of benzene rings is 1. The summed E-state index contributed by atoms with van der Waals surface area (Å²) in [5.41, 5.74) is 0.882. The number of ether oxygens (including phenoxy) is 2. The van der Waals surface area contributed by atoms with Gasteiger partial charge in [-0.25, -0.2) is 9.67 Å². The molecule has 0 atom stereocenters. The van der Waals surface area contributed by atoms with Crippen LogP contribution in [0.4, 0.5) is 0 Å². The predicted molar refractivity (Wildman–Crippen MR) is 93.3 cm³/mol. The van der Waals surface area contributed by atoms with Crippen molar-refractivity contribution < 1.29 is 19.4 Å². The second-order valence-corrected chi connectivity index (χ2v) is 5.97. The standard InChI is InChI=1S/C17H17N5O5/c23-4-3-22-16-12(7-20-22)17(25)21(9-19-16)8-15(24)18-6-11-1-2-13-14(5-11)27-10-26-13/h1-2,5,7,9,23H,3-4,6,8,10H2,(H,18,24). The molecule has 1 aliphatic rings. The molecule has 1 aliphatic heterocycles. The highest BCUT2D eigenvalue weighted by atomic mass is 16.7. The minimum atomic E-state index is -0.359. The van der Waals surface area contributed by atoms with Crippen LogP contribution in [-0.2, 0) is 24.4 Å². The molecular formula is C17H17N5O5. The van der Waals surface area contributed by atoms with Crippen LogP contribution in [-0.4, -0.2) is 43.7 Å². The van der Waals surface area contributed by atoms with Gasteiger partial charge >= 0.3 is 0 Å². The number of aliphatic hydroxyl groups excluding tert-OH is 1. The van der Waals surface area contributed by atoms with Gasteiger partial charge in [0, 0.05) is 6.54 Å². The van der Waals surface area contributed by atoms with Gasteiger partial charge in [0.25, 0.3) is 5.56 Å².